The van der Waals surface area contributed by atoms with Gasteiger partial charge in [0.2, 0.25) is 0 Å². The maximum atomic E-state index is 12.1. The van der Waals surface area contributed by atoms with Crippen LogP contribution in [0, 0.1) is 0 Å². The monoisotopic (exact) mass is 232 g/mol. The van der Waals surface area contributed by atoms with Crippen LogP contribution in [0.2, 0.25) is 0 Å². The second-order valence-electron chi connectivity index (χ2n) is 5.21. The topological polar surface area (TPSA) is 37.3 Å². The summed E-state index contributed by atoms with van der Waals surface area (Å²) in [6, 6.07) is 7.76. The van der Waals surface area contributed by atoms with Crippen LogP contribution in [-0.4, -0.2) is 16.5 Å². The quantitative estimate of drug-likeness (QED) is 0.809. The fraction of sp³-hybridized carbons (Fsp3) is 0.533. The van der Waals surface area contributed by atoms with Crippen LogP contribution in [0.3, 0.4) is 0 Å². The van der Waals surface area contributed by atoms with E-state index in [1.165, 1.54) is 24.8 Å². The first kappa shape index (κ1) is 12.3. The van der Waals surface area contributed by atoms with Gasteiger partial charge in [-0.05, 0) is 43.7 Å². The molecular formula is C15H20O2. The molecule has 0 radical (unpaired) electrons. The highest BCUT2D eigenvalue weighted by atomic mass is 16.3. The van der Waals surface area contributed by atoms with E-state index in [0.29, 0.717) is 17.9 Å². The van der Waals surface area contributed by atoms with Crippen molar-refractivity contribution in [1.82, 2.24) is 0 Å². The molecule has 1 aliphatic rings. The first-order chi connectivity index (χ1) is 8.04. The van der Waals surface area contributed by atoms with Gasteiger partial charge < -0.3 is 5.11 Å². The largest absolute Gasteiger partial charge is 0.382 e. The van der Waals surface area contributed by atoms with Gasteiger partial charge in [0.05, 0.1) is 0 Å². The number of carbonyl (C=O) groups excluding carboxylic acids is 1. The van der Waals surface area contributed by atoms with Crippen molar-refractivity contribution in [1.29, 1.82) is 0 Å². The third-order valence-corrected chi connectivity index (χ3v) is 3.90. The van der Waals surface area contributed by atoms with Crippen LogP contribution < -0.4 is 0 Å². The van der Waals surface area contributed by atoms with Gasteiger partial charge in [0.15, 0.2) is 5.78 Å². The molecule has 0 amide bonds. The molecule has 1 aliphatic carbocycles. The van der Waals surface area contributed by atoms with Crippen LogP contribution in [0.25, 0.3) is 0 Å². The number of hydrogen-bond acceptors (Lipinski definition) is 2. The Morgan fingerprint density at radius 1 is 1.47 bits per heavy atom. The van der Waals surface area contributed by atoms with Crippen molar-refractivity contribution < 1.29 is 9.90 Å². The van der Waals surface area contributed by atoms with Crippen LogP contribution in [0.1, 0.15) is 61.4 Å². The van der Waals surface area contributed by atoms with Crippen molar-refractivity contribution >= 4 is 5.78 Å². The van der Waals surface area contributed by atoms with Crippen molar-refractivity contribution in [2.75, 3.05) is 0 Å². The highest BCUT2D eigenvalue weighted by Crippen LogP contribution is 2.36. The summed E-state index contributed by atoms with van der Waals surface area (Å²) in [5.74, 6) is 0.454. The number of Topliss-reactive ketones (excluding diaryl/α,β-unsaturated/α-hetero) is 1. The number of rotatable bonds is 4. The molecule has 2 heteroatoms. The molecule has 0 aliphatic heterocycles. The lowest BCUT2D eigenvalue weighted by Gasteiger charge is -2.26. The van der Waals surface area contributed by atoms with E-state index in [1.807, 2.05) is 19.1 Å². The standard InChI is InChI=1S/C15H20O2/c1-3-15(2,17)14(16)13-9-5-8-12(10-13)11-6-4-7-11/h5,8-11,17H,3-4,6-7H2,1-2H3. The van der Waals surface area contributed by atoms with Gasteiger partial charge >= 0.3 is 0 Å². The Morgan fingerprint density at radius 3 is 2.71 bits per heavy atom. The van der Waals surface area contributed by atoms with Gasteiger partial charge in [0.25, 0.3) is 0 Å². The summed E-state index contributed by atoms with van der Waals surface area (Å²) < 4.78 is 0. The van der Waals surface area contributed by atoms with Crippen LogP contribution in [0.5, 0.6) is 0 Å². The molecule has 1 fully saturated rings. The van der Waals surface area contributed by atoms with Crippen LogP contribution in [-0.2, 0) is 0 Å². The zero-order valence-electron chi connectivity index (χ0n) is 10.6. The molecule has 2 rings (SSSR count). The van der Waals surface area contributed by atoms with Crippen molar-refractivity contribution in [3.05, 3.63) is 35.4 Å². The Morgan fingerprint density at radius 2 is 2.18 bits per heavy atom. The van der Waals surface area contributed by atoms with E-state index in [-0.39, 0.29) is 5.78 Å². The molecule has 1 N–H and O–H groups in total. The number of carbonyl (C=O) groups is 1. The fourth-order valence-electron chi connectivity index (χ4n) is 2.15. The summed E-state index contributed by atoms with van der Waals surface area (Å²) in [7, 11) is 0. The predicted molar refractivity (Wildman–Crippen MR) is 68.3 cm³/mol. The molecule has 1 aromatic rings. The van der Waals surface area contributed by atoms with Gasteiger partial charge in [-0.15, -0.1) is 0 Å². The minimum atomic E-state index is -1.24. The Hall–Kier alpha value is -1.15. The summed E-state index contributed by atoms with van der Waals surface area (Å²) in [5.41, 5.74) is 0.647. The SMILES string of the molecule is CCC(C)(O)C(=O)c1cccc(C2CCC2)c1. The lowest BCUT2D eigenvalue weighted by Crippen LogP contribution is -2.34. The van der Waals surface area contributed by atoms with Crippen molar-refractivity contribution in [3.8, 4) is 0 Å². The minimum Gasteiger partial charge on any atom is -0.382 e. The second-order valence-corrected chi connectivity index (χ2v) is 5.21. The molecule has 1 aromatic carbocycles. The average Bonchev–Trinajstić information content (AvgIpc) is 2.26. The van der Waals surface area contributed by atoms with E-state index in [9.17, 15) is 9.90 Å². The van der Waals surface area contributed by atoms with Crippen molar-refractivity contribution in [2.45, 2.75) is 51.0 Å². The van der Waals surface area contributed by atoms with Crippen LogP contribution in [0.15, 0.2) is 24.3 Å². The van der Waals surface area contributed by atoms with E-state index < -0.39 is 5.60 Å². The van der Waals surface area contributed by atoms with Gasteiger partial charge in [-0.25, -0.2) is 0 Å². The lowest BCUT2D eigenvalue weighted by molar-refractivity contribution is 0.0390. The number of benzene rings is 1. The molecule has 1 atom stereocenters. The van der Waals surface area contributed by atoms with Crippen LogP contribution in [0.4, 0.5) is 0 Å². The van der Waals surface area contributed by atoms with Crippen molar-refractivity contribution in [3.63, 3.8) is 0 Å². The fourth-order valence-corrected chi connectivity index (χ4v) is 2.15. The summed E-state index contributed by atoms with van der Waals surface area (Å²) in [5, 5.41) is 10.00. The van der Waals surface area contributed by atoms with Gasteiger partial charge in [0.1, 0.15) is 5.60 Å². The first-order valence-corrected chi connectivity index (χ1v) is 6.41. The summed E-state index contributed by atoms with van der Waals surface area (Å²) >= 11 is 0. The van der Waals surface area contributed by atoms with Crippen molar-refractivity contribution in [2.24, 2.45) is 0 Å². The molecule has 0 spiro atoms. The molecule has 0 heterocycles. The van der Waals surface area contributed by atoms with E-state index >= 15 is 0 Å². The number of aliphatic hydroxyl groups is 1. The Bertz CT molecular complexity index is 417. The first-order valence-electron chi connectivity index (χ1n) is 6.41. The van der Waals surface area contributed by atoms with Crippen LogP contribution >= 0.6 is 0 Å². The van der Waals surface area contributed by atoms with Gasteiger partial charge in [-0.1, -0.05) is 31.5 Å². The Balaban J connectivity index is 2.23. The molecule has 0 aromatic heterocycles. The minimum absolute atomic E-state index is 0.166. The highest BCUT2D eigenvalue weighted by Gasteiger charge is 2.29. The maximum Gasteiger partial charge on any atom is 0.194 e. The molecular weight excluding hydrogens is 212 g/mol. The van der Waals surface area contributed by atoms with Gasteiger partial charge in [0, 0.05) is 5.56 Å². The predicted octanol–water partition coefficient (Wildman–Crippen LogP) is 3.30. The molecule has 0 bridgehead atoms. The zero-order chi connectivity index (χ0) is 12.5. The average molecular weight is 232 g/mol. The molecule has 17 heavy (non-hydrogen) atoms. The molecule has 2 nitrogen and oxygen atoms in total. The molecule has 0 saturated heterocycles. The molecule has 92 valence electrons. The van der Waals surface area contributed by atoms with E-state index in [1.54, 1.807) is 13.0 Å². The summed E-state index contributed by atoms with van der Waals surface area (Å²) in [6.45, 7) is 3.42. The third-order valence-electron chi connectivity index (χ3n) is 3.90. The molecule has 1 unspecified atom stereocenters. The zero-order valence-corrected chi connectivity index (χ0v) is 10.6. The van der Waals surface area contributed by atoms with Gasteiger partial charge in [-0.2, -0.15) is 0 Å². The highest BCUT2D eigenvalue weighted by molar-refractivity contribution is 6.02. The van der Waals surface area contributed by atoms with E-state index in [2.05, 4.69) is 6.07 Å². The molecule has 1 saturated carbocycles. The lowest BCUT2D eigenvalue weighted by atomic mass is 9.79. The Kier molecular flexibility index (Phi) is 3.34. The third kappa shape index (κ3) is 2.42. The summed E-state index contributed by atoms with van der Waals surface area (Å²) in [4.78, 5) is 12.1. The van der Waals surface area contributed by atoms with E-state index in [0.717, 1.165) is 0 Å². The van der Waals surface area contributed by atoms with Gasteiger partial charge in [-0.3, -0.25) is 4.79 Å². The Labute approximate surface area is 103 Å². The van der Waals surface area contributed by atoms with E-state index in [4.69, 9.17) is 0 Å². The smallest absolute Gasteiger partial charge is 0.194 e. The maximum absolute atomic E-state index is 12.1. The second kappa shape index (κ2) is 4.61. The normalized spacial score (nSPS) is 19.5. The summed E-state index contributed by atoms with van der Waals surface area (Å²) in [6.07, 6.45) is 4.18. The number of hydrogen-bond donors (Lipinski definition) is 1. The number of ketones is 1.